The molecule has 0 bridgehead atoms. The molecule has 1 aromatic heterocycles. The molecule has 8 nitrogen and oxygen atoms in total. The molecule has 25 heavy (non-hydrogen) atoms. The lowest BCUT2D eigenvalue weighted by atomic mass is 10.2. The summed E-state index contributed by atoms with van der Waals surface area (Å²) >= 11 is 0. The van der Waals surface area contributed by atoms with Crippen LogP contribution in [0.4, 0.5) is 4.79 Å². The Kier molecular flexibility index (Phi) is 6.58. The van der Waals surface area contributed by atoms with Crippen LogP contribution in [0.3, 0.4) is 0 Å². The van der Waals surface area contributed by atoms with E-state index in [1.165, 1.54) is 7.11 Å². The van der Waals surface area contributed by atoms with Gasteiger partial charge >= 0.3 is 12.1 Å². The number of carbonyl (C=O) groups excluding carboxylic acids is 3. The number of carbonyl (C=O) groups is 3. The summed E-state index contributed by atoms with van der Waals surface area (Å²) in [5.74, 6) is -1.10. The van der Waals surface area contributed by atoms with Crippen molar-refractivity contribution >= 4 is 18.0 Å². The van der Waals surface area contributed by atoms with Crippen LogP contribution in [-0.2, 0) is 20.9 Å². The molecule has 0 radical (unpaired) electrons. The number of hydrogen-bond donors (Lipinski definition) is 3. The van der Waals surface area contributed by atoms with E-state index in [9.17, 15) is 14.4 Å². The standard InChI is InChI=1S/C17H19N3O5/c1-24-16(22)14(10-19-15(21)13-8-5-9-18-13)20-17(23)25-11-12-6-3-2-4-7-12/h2-9,14,18H,10-11H2,1H3,(H,19,21)(H,20,23). The number of nitrogens with one attached hydrogen (secondary N) is 3. The average molecular weight is 345 g/mol. The quantitative estimate of drug-likeness (QED) is 0.654. The fourth-order valence-electron chi connectivity index (χ4n) is 2.00. The third kappa shape index (κ3) is 5.69. The van der Waals surface area contributed by atoms with Gasteiger partial charge in [-0.15, -0.1) is 0 Å². The van der Waals surface area contributed by atoms with Gasteiger partial charge in [0, 0.05) is 12.7 Å². The van der Waals surface area contributed by atoms with Gasteiger partial charge in [-0.3, -0.25) is 4.79 Å². The molecule has 1 aromatic carbocycles. The molecule has 0 saturated carbocycles. The number of H-pyrrole nitrogens is 1. The van der Waals surface area contributed by atoms with Crippen molar-refractivity contribution in [2.75, 3.05) is 13.7 Å². The van der Waals surface area contributed by atoms with Crippen molar-refractivity contribution in [3.63, 3.8) is 0 Å². The van der Waals surface area contributed by atoms with Crippen LogP contribution < -0.4 is 10.6 Å². The van der Waals surface area contributed by atoms with Crippen molar-refractivity contribution in [1.29, 1.82) is 0 Å². The van der Waals surface area contributed by atoms with E-state index >= 15 is 0 Å². The monoisotopic (exact) mass is 345 g/mol. The maximum absolute atomic E-state index is 11.9. The summed E-state index contributed by atoms with van der Waals surface area (Å²) < 4.78 is 9.69. The highest BCUT2D eigenvalue weighted by Crippen LogP contribution is 2.01. The molecule has 2 aromatic rings. The van der Waals surface area contributed by atoms with Crippen LogP contribution in [0.1, 0.15) is 16.1 Å². The average Bonchev–Trinajstić information content (AvgIpc) is 3.18. The Balaban J connectivity index is 1.85. The number of hydrogen-bond acceptors (Lipinski definition) is 5. The van der Waals surface area contributed by atoms with Gasteiger partial charge in [0.2, 0.25) is 0 Å². The van der Waals surface area contributed by atoms with Gasteiger partial charge in [0.15, 0.2) is 0 Å². The zero-order valence-corrected chi connectivity index (χ0v) is 13.7. The van der Waals surface area contributed by atoms with Crippen molar-refractivity contribution in [1.82, 2.24) is 15.6 Å². The highest BCUT2D eigenvalue weighted by atomic mass is 16.6. The SMILES string of the molecule is COC(=O)C(CNC(=O)c1ccc[nH]1)NC(=O)OCc1ccccc1. The molecule has 8 heteroatoms. The van der Waals surface area contributed by atoms with Gasteiger partial charge in [-0.05, 0) is 17.7 Å². The number of esters is 1. The first-order valence-corrected chi connectivity index (χ1v) is 7.56. The lowest BCUT2D eigenvalue weighted by Gasteiger charge is -2.17. The van der Waals surface area contributed by atoms with Gasteiger partial charge in [0.05, 0.1) is 7.11 Å². The zero-order valence-electron chi connectivity index (χ0n) is 13.7. The molecule has 0 fully saturated rings. The van der Waals surface area contributed by atoms with Gasteiger partial charge in [0.1, 0.15) is 18.3 Å². The molecule has 0 aliphatic heterocycles. The van der Waals surface area contributed by atoms with Gasteiger partial charge in [-0.25, -0.2) is 9.59 Å². The molecule has 0 aliphatic rings. The molecule has 2 amide bonds. The molecule has 1 unspecified atom stereocenters. The van der Waals surface area contributed by atoms with E-state index in [1.807, 2.05) is 30.3 Å². The summed E-state index contributed by atoms with van der Waals surface area (Å²) in [6.45, 7) is -0.0691. The third-order valence-corrected chi connectivity index (χ3v) is 3.30. The van der Waals surface area contributed by atoms with Crippen LogP contribution in [0, 0.1) is 0 Å². The van der Waals surface area contributed by atoms with E-state index in [-0.39, 0.29) is 13.2 Å². The predicted octanol–water partition coefficient (Wildman–Crippen LogP) is 1.21. The van der Waals surface area contributed by atoms with E-state index in [0.29, 0.717) is 5.69 Å². The molecular weight excluding hydrogens is 326 g/mol. The second kappa shape index (κ2) is 9.11. The van der Waals surface area contributed by atoms with Crippen molar-refractivity contribution in [3.05, 3.63) is 59.9 Å². The Morgan fingerprint density at radius 3 is 2.52 bits per heavy atom. The minimum absolute atomic E-state index is 0.0649. The van der Waals surface area contributed by atoms with Gasteiger partial charge in [-0.2, -0.15) is 0 Å². The number of rotatable bonds is 7. The normalized spacial score (nSPS) is 11.2. The van der Waals surface area contributed by atoms with Crippen LogP contribution in [0.2, 0.25) is 0 Å². The van der Waals surface area contributed by atoms with E-state index in [4.69, 9.17) is 4.74 Å². The van der Waals surface area contributed by atoms with Crippen LogP contribution in [-0.4, -0.2) is 42.7 Å². The van der Waals surface area contributed by atoms with Crippen LogP contribution >= 0.6 is 0 Å². The molecule has 3 N–H and O–H groups in total. The second-order valence-corrected chi connectivity index (χ2v) is 5.08. The Morgan fingerprint density at radius 2 is 1.88 bits per heavy atom. The smallest absolute Gasteiger partial charge is 0.408 e. The number of ether oxygens (including phenoxy) is 2. The van der Waals surface area contributed by atoms with E-state index < -0.39 is 24.0 Å². The molecule has 2 rings (SSSR count). The van der Waals surface area contributed by atoms with E-state index in [0.717, 1.165) is 5.56 Å². The number of alkyl carbamates (subject to hydrolysis) is 1. The Hall–Kier alpha value is -3.29. The Labute approximate surface area is 144 Å². The Morgan fingerprint density at radius 1 is 1.12 bits per heavy atom. The van der Waals surface area contributed by atoms with Gasteiger partial charge < -0.3 is 25.1 Å². The van der Waals surface area contributed by atoms with E-state index in [1.54, 1.807) is 18.3 Å². The maximum Gasteiger partial charge on any atom is 0.408 e. The highest BCUT2D eigenvalue weighted by molar-refractivity contribution is 5.93. The molecular formula is C17H19N3O5. The fourth-order valence-corrected chi connectivity index (χ4v) is 2.00. The number of methoxy groups -OCH3 is 1. The highest BCUT2D eigenvalue weighted by Gasteiger charge is 2.23. The molecule has 1 atom stereocenters. The molecule has 132 valence electrons. The number of aromatic amines is 1. The summed E-state index contributed by atoms with van der Waals surface area (Å²) in [7, 11) is 1.19. The van der Waals surface area contributed by atoms with Crippen molar-refractivity contribution in [3.8, 4) is 0 Å². The second-order valence-electron chi connectivity index (χ2n) is 5.08. The van der Waals surface area contributed by atoms with Crippen molar-refractivity contribution < 1.29 is 23.9 Å². The summed E-state index contributed by atoms with van der Waals surface area (Å²) in [5.41, 5.74) is 1.16. The summed E-state index contributed by atoms with van der Waals surface area (Å²) in [4.78, 5) is 38.3. The summed E-state index contributed by atoms with van der Waals surface area (Å²) in [6, 6.07) is 11.3. The first-order valence-electron chi connectivity index (χ1n) is 7.56. The number of aromatic nitrogens is 1. The summed E-state index contributed by atoms with van der Waals surface area (Å²) in [6.07, 6.45) is 0.819. The lowest BCUT2D eigenvalue weighted by Crippen LogP contribution is -2.49. The van der Waals surface area contributed by atoms with Crippen LogP contribution in [0.5, 0.6) is 0 Å². The number of amides is 2. The zero-order chi connectivity index (χ0) is 18.1. The van der Waals surface area contributed by atoms with Crippen LogP contribution in [0.25, 0.3) is 0 Å². The first kappa shape index (κ1) is 18.1. The predicted molar refractivity (Wildman–Crippen MR) is 88.7 cm³/mol. The minimum atomic E-state index is -1.06. The van der Waals surface area contributed by atoms with Crippen molar-refractivity contribution in [2.24, 2.45) is 0 Å². The number of benzene rings is 1. The lowest BCUT2D eigenvalue weighted by molar-refractivity contribution is -0.142. The molecule has 1 heterocycles. The minimum Gasteiger partial charge on any atom is -0.467 e. The van der Waals surface area contributed by atoms with Gasteiger partial charge in [-0.1, -0.05) is 30.3 Å². The fraction of sp³-hybridized carbons (Fsp3) is 0.235. The molecule has 0 aliphatic carbocycles. The topological polar surface area (TPSA) is 110 Å². The van der Waals surface area contributed by atoms with Gasteiger partial charge in [0.25, 0.3) is 5.91 Å². The van der Waals surface area contributed by atoms with Crippen molar-refractivity contribution in [2.45, 2.75) is 12.6 Å². The maximum atomic E-state index is 11.9. The van der Waals surface area contributed by atoms with Crippen LogP contribution in [0.15, 0.2) is 48.7 Å². The molecule has 0 saturated heterocycles. The van der Waals surface area contributed by atoms with E-state index in [2.05, 4.69) is 20.4 Å². The first-order chi connectivity index (χ1) is 12.1. The Bertz CT molecular complexity index is 700. The largest absolute Gasteiger partial charge is 0.467 e. The molecule has 0 spiro atoms. The third-order valence-electron chi connectivity index (χ3n) is 3.30. The summed E-state index contributed by atoms with van der Waals surface area (Å²) in [5, 5.41) is 4.92.